The maximum absolute atomic E-state index is 11.7. The van der Waals surface area contributed by atoms with E-state index in [-0.39, 0.29) is 13.0 Å². The number of aromatic nitrogens is 2. The summed E-state index contributed by atoms with van der Waals surface area (Å²) in [5, 5.41) is 9.53. The van der Waals surface area contributed by atoms with Crippen LogP contribution >= 0.6 is 11.8 Å². The second kappa shape index (κ2) is 7.12. The fourth-order valence-corrected chi connectivity index (χ4v) is 2.82. The van der Waals surface area contributed by atoms with E-state index in [0.29, 0.717) is 10.9 Å². The lowest BCUT2D eigenvalue weighted by atomic mass is 10.1. The molecule has 7 heteroatoms. The van der Waals surface area contributed by atoms with Crippen molar-refractivity contribution < 1.29 is 19.4 Å². The Hall–Kier alpha value is -2.02. The van der Waals surface area contributed by atoms with Crippen LogP contribution in [0.3, 0.4) is 0 Å². The Bertz CT molecular complexity index is 608. The topological polar surface area (TPSA) is 92.3 Å². The highest BCUT2D eigenvalue weighted by Gasteiger charge is 2.23. The molecule has 0 aliphatic rings. The number of para-hydroxylation sites is 2. The SMILES string of the molecule is CCOC(=O)C(CSc1nc2ccccc2[nH]1)CC(=O)O. The monoisotopic (exact) mass is 308 g/mol. The zero-order chi connectivity index (χ0) is 15.2. The summed E-state index contributed by atoms with van der Waals surface area (Å²) in [6.07, 6.45) is -0.244. The van der Waals surface area contributed by atoms with E-state index in [9.17, 15) is 9.59 Å². The van der Waals surface area contributed by atoms with Gasteiger partial charge in [-0.3, -0.25) is 9.59 Å². The minimum atomic E-state index is -1.02. The molecule has 0 aliphatic heterocycles. The van der Waals surface area contributed by atoms with E-state index in [1.165, 1.54) is 11.8 Å². The molecule has 2 rings (SSSR count). The van der Waals surface area contributed by atoms with Gasteiger partial charge in [0, 0.05) is 5.75 Å². The zero-order valence-electron chi connectivity index (χ0n) is 11.5. The summed E-state index contributed by atoms with van der Waals surface area (Å²) < 4.78 is 4.91. The van der Waals surface area contributed by atoms with Crippen molar-refractivity contribution >= 4 is 34.7 Å². The van der Waals surface area contributed by atoms with E-state index in [1.807, 2.05) is 24.3 Å². The van der Waals surface area contributed by atoms with Gasteiger partial charge in [0.1, 0.15) is 0 Å². The molecule has 0 saturated carbocycles. The van der Waals surface area contributed by atoms with Gasteiger partial charge in [0.2, 0.25) is 0 Å². The number of esters is 1. The Labute approximate surface area is 125 Å². The molecule has 1 heterocycles. The van der Waals surface area contributed by atoms with Crippen molar-refractivity contribution in [2.45, 2.75) is 18.5 Å². The standard InChI is InChI=1S/C14H16N2O4S/c1-2-20-13(19)9(7-12(17)18)8-21-14-15-10-5-3-4-6-11(10)16-14/h3-6,9H,2,7-8H2,1H3,(H,15,16)(H,17,18). The number of H-pyrrole nitrogens is 1. The predicted molar refractivity (Wildman–Crippen MR) is 79.2 cm³/mol. The molecule has 0 amide bonds. The third kappa shape index (κ3) is 4.22. The number of imidazole rings is 1. The quantitative estimate of drug-likeness (QED) is 0.602. The summed E-state index contributed by atoms with van der Waals surface area (Å²) in [5.41, 5.74) is 1.75. The first kappa shape index (κ1) is 15.4. The van der Waals surface area contributed by atoms with Gasteiger partial charge in [-0.2, -0.15) is 0 Å². The lowest BCUT2D eigenvalue weighted by Crippen LogP contribution is -2.23. The average molecular weight is 308 g/mol. The van der Waals surface area contributed by atoms with Gasteiger partial charge in [-0.1, -0.05) is 23.9 Å². The number of rotatable bonds is 7. The Morgan fingerprint density at radius 2 is 2.19 bits per heavy atom. The summed E-state index contributed by atoms with van der Waals surface area (Å²) in [4.78, 5) is 30.1. The number of hydrogen-bond donors (Lipinski definition) is 2. The lowest BCUT2D eigenvalue weighted by molar-refractivity contribution is -0.151. The molecule has 0 fully saturated rings. The maximum Gasteiger partial charge on any atom is 0.310 e. The third-order valence-electron chi connectivity index (χ3n) is 2.83. The van der Waals surface area contributed by atoms with Gasteiger partial charge in [-0.15, -0.1) is 0 Å². The largest absolute Gasteiger partial charge is 0.481 e. The van der Waals surface area contributed by atoms with Gasteiger partial charge < -0.3 is 14.8 Å². The third-order valence-corrected chi connectivity index (χ3v) is 3.87. The minimum absolute atomic E-state index is 0.240. The number of hydrogen-bond acceptors (Lipinski definition) is 5. The predicted octanol–water partition coefficient (Wildman–Crippen LogP) is 2.31. The average Bonchev–Trinajstić information content (AvgIpc) is 2.86. The summed E-state index contributed by atoms with van der Waals surface area (Å²) in [6.45, 7) is 1.94. The molecular weight excluding hydrogens is 292 g/mol. The van der Waals surface area contributed by atoms with Crippen molar-refractivity contribution in [3.8, 4) is 0 Å². The van der Waals surface area contributed by atoms with Crippen molar-refractivity contribution in [2.75, 3.05) is 12.4 Å². The second-order valence-electron chi connectivity index (χ2n) is 4.42. The van der Waals surface area contributed by atoms with Crippen molar-refractivity contribution in [2.24, 2.45) is 5.92 Å². The summed E-state index contributed by atoms with van der Waals surface area (Å²) in [7, 11) is 0. The first-order chi connectivity index (χ1) is 10.1. The molecule has 2 aromatic rings. The highest BCUT2D eigenvalue weighted by Crippen LogP contribution is 2.23. The molecule has 21 heavy (non-hydrogen) atoms. The molecule has 1 unspecified atom stereocenters. The number of fused-ring (bicyclic) bond motifs is 1. The smallest absolute Gasteiger partial charge is 0.310 e. The van der Waals surface area contributed by atoms with Crippen LogP contribution in [-0.2, 0) is 14.3 Å². The van der Waals surface area contributed by atoms with Gasteiger partial charge in [0.15, 0.2) is 5.16 Å². The van der Waals surface area contributed by atoms with Crippen LogP contribution in [0.5, 0.6) is 0 Å². The highest BCUT2D eigenvalue weighted by atomic mass is 32.2. The Balaban J connectivity index is 2.02. The number of nitrogens with zero attached hydrogens (tertiary/aromatic N) is 1. The Morgan fingerprint density at radius 1 is 1.43 bits per heavy atom. The molecule has 1 atom stereocenters. The van der Waals surface area contributed by atoms with Gasteiger partial charge in [-0.25, -0.2) is 4.98 Å². The molecule has 0 aliphatic carbocycles. The molecular formula is C14H16N2O4S. The second-order valence-corrected chi connectivity index (χ2v) is 5.43. The number of aromatic amines is 1. The van der Waals surface area contributed by atoms with Gasteiger partial charge in [0.25, 0.3) is 0 Å². The minimum Gasteiger partial charge on any atom is -0.481 e. The Kier molecular flexibility index (Phi) is 5.21. The van der Waals surface area contributed by atoms with Crippen LogP contribution in [0.1, 0.15) is 13.3 Å². The maximum atomic E-state index is 11.7. The molecule has 6 nitrogen and oxygen atoms in total. The summed E-state index contributed by atoms with van der Waals surface area (Å²) in [5.74, 6) is -1.87. The van der Waals surface area contributed by atoms with E-state index in [1.54, 1.807) is 6.92 Å². The van der Waals surface area contributed by atoms with Crippen LogP contribution in [0.25, 0.3) is 11.0 Å². The van der Waals surface area contributed by atoms with Crippen molar-refractivity contribution in [3.63, 3.8) is 0 Å². The summed E-state index contributed by atoms with van der Waals surface area (Å²) >= 11 is 1.32. The van der Waals surface area contributed by atoms with Crippen molar-refractivity contribution in [1.82, 2.24) is 9.97 Å². The Morgan fingerprint density at radius 3 is 2.86 bits per heavy atom. The van der Waals surface area contributed by atoms with Gasteiger partial charge in [0.05, 0.1) is 30.0 Å². The van der Waals surface area contributed by atoms with Crippen LogP contribution in [0.2, 0.25) is 0 Å². The molecule has 0 radical (unpaired) electrons. The molecule has 1 aromatic heterocycles. The molecule has 0 spiro atoms. The number of carboxylic acids is 1. The van der Waals surface area contributed by atoms with Crippen LogP contribution in [0, 0.1) is 5.92 Å². The van der Waals surface area contributed by atoms with Crippen LogP contribution in [0.4, 0.5) is 0 Å². The van der Waals surface area contributed by atoms with E-state index in [4.69, 9.17) is 9.84 Å². The number of aliphatic carboxylic acids is 1. The molecule has 112 valence electrons. The number of ether oxygens (including phenoxy) is 1. The fraction of sp³-hybridized carbons (Fsp3) is 0.357. The van der Waals surface area contributed by atoms with Crippen LogP contribution in [-0.4, -0.2) is 39.4 Å². The van der Waals surface area contributed by atoms with E-state index in [2.05, 4.69) is 9.97 Å². The molecule has 0 bridgehead atoms. The number of carboxylic acid groups (broad SMARTS) is 1. The van der Waals surface area contributed by atoms with Crippen molar-refractivity contribution in [3.05, 3.63) is 24.3 Å². The zero-order valence-corrected chi connectivity index (χ0v) is 12.4. The van der Waals surface area contributed by atoms with E-state index < -0.39 is 17.9 Å². The summed E-state index contributed by atoms with van der Waals surface area (Å²) in [6, 6.07) is 7.59. The number of thioether (sulfide) groups is 1. The number of nitrogens with one attached hydrogen (secondary N) is 1. The molecule has 1 aromatic carbocycles. The molecule has 0 saturated heterocycles. The highest BCUT2D eigenvalue weighted by molar-refractivity contribution is 7.99. The number of benzene rings is 1. The number of carbonyl (C=O) groups excluding carboxylic acids is 1. The number of carbonyl (C=O) groups is 2. The van der Waals surface area contributed by atoms with Crippen LogP contribution < -0.4 is 0 Å². The molecule has 2 N–H and O–H groups in total. The normalized spacial score (nSPS) is 12.2. The van der Waals surface area contributed by atoms with E-state index in [0.717, 1.165) is 11.0 Å². The van der Waals surface area contributed by atoms with Crippen molar-refractivity contribution in [1.29, 1.82) is 0 Å². The first-order valence-corrected chi connectivity index (χ1v) is 7.54. The lowest BCUT2D eigenvalue weighted by Gasteiger charge is -2.12. The first-order valence-electron chi connectivity index (χ1n) is 6.56. The fourth-order valence-electron chi connectivity index (χ4n) is 1.86. The van der Waals surface area contributed by atoms with E-state index >= 15 is 0 Å². The van der Waals surface area contributed by atoms with Gasteiger partial charge >= 0.3 is 11.9 Å². The van der Waals surface area contributed by atoms with Gasteiger partial charge in [-0.05, 0) is 19.1 Å². The van der Waals surface area contributed by atoms with Crippen LogP contribution in [0.15, 0.2) is 29.4 Å².